The molecule has 0 heterocycles. The highest BCUT2D eigenvalue weighted by molar-refractivity contribution is 5.69. The Hall–Kier alpha value is -0.570. The zero-order valence-electron chi connectivity index (χ0n) is 12.2. The molecule has 1 unspecified atom stereocenters. The second-order valence-electron chi connectivity index (χ2n) is 6.57. The van der Waals surface area contributed by atoms with Crippen molar-refractivity contribution in [3.05, 3.63) is 0 Å². The number of esters is 1. The Morgan fingerprint density at radius 2 is 1.94 bits per heavy atom. The molecule has 106 valence electrons. The molecule has 1 fully saturated rings. The van der Waals surface area contributed by atoms with Gasteiger partial charge < -0.3 is 10.5 Å². The molecular weight excluding hydrogens is 226 g/mol. The van der Waals surface area contributed by atoms with Crippen molar-refractivity contribution in [3.8, 4) is 0 Å². The van der Waals surface area contributed by atoms with Gasteiger partial charge in [-0.05, 0) is 56.4 Å². The first kappa shape index (κ1) is 15.5. The van der Waals surface area contributed by atoms with Crippen molar-refractivity contribution in [2.24, 2.45) is 17.1 Å². The average molecular weight is 255 g/mol. The molecule has 18 heavy (non-hydrogen) atoms. The van der Waals surface area contributed by atoms with Crippen molar-refractivity contribution in [1.82, 2.24) is 0 Å². The topological polar surface area (TPSA) is 52.3 Å². The maximum Gasteiger partial charge on any atom is 0.306 e. The van der Waals surface area contributed by atoms with Crippen LogP contribution < -0.4 is 5.73 Å². The van der Waals surface area contributed by atoms with Crippen LogP contribution in [0, 0.1) is 11.3 Å². The summed E-state index contributed by atoms with van der Waals surface area (Å²) < 4.78 is 5.54. The second kappa shape index (κ2) is 7.13. The van der Waals surface area contributed by atoms with Gasteiger partial charge >= 0.3 is 5.97 Å². The molecule has 1 saturated carbocycles. The normalized spacial score (nSPS) is 21.6. The molecule has 0 aromatic rings. The summed E-state index contributed by atoms with van der Waals surface area (Å²) in [7, 11) is 0. The minimum atomic E-state index is -0.0245. The Balaban J connectivity index is 2.17. The Morgan fingerprint density at radius 3 is 2.50 bits per heavy atom. The van der Waals surface area contributed by atoms with Crippen molar-refractivity contribution in [2.75, 3.05) is 6.54 Å². The summed E-state index contributed by atoms with van der Waals surface area (Å²) in [5, 5.41) is 0. The Bertz CT molecular complexity index is 253. The highest BCUT2D eigenvalue weighted by Gasteiger charge is 2.28. The highest BCUT2D eigenvalue weighted by Crippen LogP contribution is 2.36. The summed E-state index contributed by atoms with van der Waals surface area (Å²) in [5.74, 6) is 0.497. The first-order chi connectivity index (χ1) is 8.43. The van der Waals surface area contributed by atoms with Crippen molar-refractivity contribution in [1.29, 1.82) is 0 Å². The maximum atomic E-state index is 11.7. The van der Waals surface area contributed by atoms with Crippen LogP contribution in [-0.2, 0) is 9.53 Å². The molecular formula is C15H29NO2. The van der Waals surface area contributed by atoms with Crippen LogP contribution in [0.15, 0.2) is 0 Å². The smallest absolute Gasteiger partial charge is 0.306 e. The van der Waals surface area contributed by atoms with E-state index in [-0.39, 0.29) is 12.1 Å². The lowest BCUT2D eigenvalue weighted by Gasteiger charge is -2.33. The summed E-state index contributed by atoms with van der Waals surface area (Å²) in [6.45, 7) is 7.43. The predicted molar refractivity (Wildman–Crippen MR) is 74.2 cm³/mol. The number of ether oxygens (including phenoxy) is 1. The van der Waals surface area contributed by atoms with Crippen molar-refractivity contribution in [3.63, 3.8) is 0 Å². The van der Waals surface area contributed by atoms with Crippen LogP contribution >= 0.6 is 0 Å². The number of carbonyl (C=O) groups excluding carboxylic acids is 1. The van der Waals surface area contributed by atoms with Crippen LogP contribution in [0.5, 0.6) is 0 Å². The second-order valence-corrected chi connectivity index (χ2v) is 6.57. The third kappa shape index (κ3) is 5.85. The standard InChI is InChI=1S/C15H29NO2/c1-12(8-11-16)4-5-14(17)18-13-6-9-15(2,3)10-7-13/h12-13H,4-11,16H2,1-3H3. The zero-order chi connectivity index (χ0) is 13.6. The van der Waals surface area contributed by atoms with Crippen LogP contribution in [0.25, 0.3) is 0 Å². The molecule has 3 nitrogen and oxygen atoms in total. The lowest BCUT2D eigenvalue weighted by Crippen LogP contribution is -2.28. The quantitative estimate of drug-likeness (QED) is 0.741. The van der Waals surface area contributed by atoms with E-state index in [1.807, 2.05) is 0 Å². The minimum absolute atomic E-state index is 0.0245. The fraction of sp³-hybridized carbons (Fsp3) is 0.933. The van der Waals surface area contributed by atoms with Crippen molar-refractivity contribution in [2.45, 2.75) is 71.8 Å². The first-order valence-corrected chi connectivity index (χ1v) is 7.32. The zero-order valence-corrected chi connectivity index (χ0v) is 12.2. The van der Waals surface area contributed by atoms with Crippen LogP contribution in [0.3, 0.4) is 0 Å². The monoisotopic (exact) mass is 255 g/mol. The fourth-order valence-electron chi connectivity index (χ4n) is 2.53. The molecule has 0 aromatic carbocycles. The SMILES string of the molecule is CC(CCN)CCC(=O)OC1CCC(C)(C)CC1. The third-order valence-electron chi connectivity index (χ3n) is 4.09. The van der Waals surface area contributed by atoms with E-state index in [9.17, 15) is 4.79 Å². The van der Waals surface area contributed by atoms with Crippen LogP contribution in [0.4, 0.5) is 0 Å². The van der Waals surface area contributed by atoms with Gasteiger partial charge in [-0.15, -0.1) is 0 Å². The number of hydrogen-bond donors (Lipinski definition) is 1. The van der Waals surface area contributed by atoms with E-state index >= 15 is 0 Å². The largest absolute Gasteiger partial charge is 0.462 e. The lowest BCUT2D eigenvalue weighted by molar-refractivity contribution is -0.151. The summed E-state index contributed by atoms with van der Waals surface area (Å²) in [6.07, 6.45) is 6.97. The van der Waals surface area contributed by atoms with E-state index in [2.05, 4.69) is 20.8 Å². The van der Waals surface area contributed by atoms with E-state index in [0.717, 1.165) is 38.5 Å². The summed E-state index contributed by atoms with van der Waals surface area (Å²) in [4.78, 5) is 11.7. The van der Waals surface area contributed by atoms with E-state index in [1.54, 1.807) is 0 Å². The molecule has 1 aliphatic carbocycles. The number of rotatable bonds is 6. The Morgan fingerprint density at radius 1 is 1.33 bits per heavy atom. The molecule has 1 rings (SSSR count). The third-order valence-corrected chi connectivity index (χ3v) is 4.09. The van der Waals surface area contributed by atoms with Crippen molar-refractivity contribution >= 4 is 5.97 Å². The average Bonchev–Trinajstić information content (AvgIpc) is 2.30. The van der Waals surface area contributed by atoms with Gasteiger partial charge in [-0.25, -0.2) is 0 Å². The molecule has 0 aliphatic heterocycles. The highest BCUT2D eigenvalue weighted by atomic mass is 16.5. The molecule has 0 radical (unpaired) electrons. The van der Waals surface area contributed by atoms with E-state index in [1.165, 1.54) is 0 Å². The Kier molecular flexibility index (Phi) is 6.13. The van der Waals surface area contributed by atoms with Gasteiger partial charge in [0.25, 0.3) is 0 Å². The number of nitrogens with two attached hydrogens (primary N) is 1. The molecule has 2 N–H and O–H groups in total. The van der Waals surface area contributed by atoms with Gasteiger partial charge in [0.15, 0.2) is 0 Å². The first-order valence-electron chi connectivity index (χ1n) is 7.32. The molecule has 0 saturated heterocycles. The molecule has 0 amide bonds. The van der Waals surface area contributed by atoms with Gasteiger partial charge in [0.05, 0.1) is 0 Å². The summed E-state index contributed by atoms with van der Waals surface area (Å²) in [5.41, 5.74) is 5.92. The van der Waals surface area contributed by atoms with E-state index in [4.69, 9.17) is 10.5 Å². The number of carbonyl (C=O) groups is 1. The van der Waals surface area contributed by atoms with Gasteiger partial charge in [0.2, 0.25) is 0 Å². The summed E-state index contributed by atoms with van der Waals surface area (Å²) >= 11 is 0. The molecule has 0 bridgehead atoms. The van der Waals surface area contributed by atoms with E-state index in [0.29, 0.717) is 24.3 Å². The molecule has 1 aliphatic rings. The van der Waals surface area contributed by atoms with Crippen LogP contribution in [0.1, 0.15) is 65.7 Å². The van der Waals surface area contributed by atoms with Gasteiger partial charge in [-0.2, -0.15) is 0 Å². The van der Waals surface area contributed by atoms with Gasteiger partial charge in [-0.1, -0.05) is 20.8 Å². The van der Waals surface area contributed by atoms with Gasteiger partial charge in [-0.3, -0.25) is 4.79 Å². The molecule has 0 spiro atoms. The maximum absolute atomic E-state index is 11.7. The minimum Gasteiger partial charge on any atom is -0.462 e. The predicted octanol–water partition coefficient (Wildman–Crippen LogP) is 3.26. The van der Waals surface area contributed by atoms with Crippen LogP contribution in [-0.4, -0.2) is 18.6 Å². The lowest BCUT2D eigenvalue weighted by atomic mass is 9.76. The van der Waals surface area contributed by atoms with Crippen molar-refractivity contribution < 1.29 is 9.53 Å². The molecule has 1 atom stereocenters. The van der Waals surface area contributed by atoms with Gasteiger partial charge in [0, 0.05) is 6.42 Å². The number of hydrogen-bond acceptors (Lipinski definition) is 3. The van der Waals surface area contributed by atoms with Gasteiger partial charge in [0.1, 0.15) is 6.10 Å². The molecule has 0 aromatic heterocycles. The van der Waals surface area contributed by atoms with Crippen LogP contribution in [0.2, 0.25) is 0 Å². The Labute approximate surface area is 111 Å². The van der Waals surface area contributed by atoms with E-state index < -0.39 is 0 Å². The fourth-order valence-corrected chi connectivity index (χ4v) is 2.53. The molecule has 3 heteroatoms. The summed E-state index contributed by atoms with van der Waals surface area (Å²) in [6, 6.07) is 0.